The number of amides is 1. The fourth-order valence-electron chi connectivity index (χ4n) is 5.79. The molecule has 4 aromatic rings. The van der Waals surface area contributed by atoms with Crippen molar-refractivity contribution in [1.82, 2.24) is 14.5 Å². The number of benzene rings is 3. The van der Waals surface area contributed by atoms with Crippen LogP contribution in [-0.4, -0.2) is 64.1 Å². The number of morpholine rings is 1. The molecule has 3 aromatic carbocycles. The second-order valence-electron chi connectivity index (χ2n) is 11.2. The number of ether oxygens (including phenoxy) is 1. The minimum absolute atomic E-state index is 0.116. The van der Waals surface area contributed by atoms with Gasteiger partial charge in [0.1, 0.15) is 29.3 Å². The lowest BCUT2D eigenvalue weighted by Crippen LogP contribution is -2.53. The number of carboxylic acids is 1. The van der Waals surface area contributed by atoms with Crippen LogP contribution in [0.4, 0.5) is 27.6 Å². The zero-order valence-corrected chi connectivity index (χ0v) is 25.3. The maximum atomic E-state index is 15.1. The van der Waals surface area contributed by atoms with Crippen LogP contribution in [0.15, 0.2) is 58.1 Å². The van der Waals surface area contributed by atoms with E-state index in [0.29, 0.717) is 39.7 Å². The molecule has 47 heavy (non-hydrogen) atoms. The number of nitrogens with zero attached hydrogens (tertiary/aromatic N) is 3. The molecular formula is C32H29F5N4O6. The van der Waals surface area contributed by atoms with Gasteiger partial charge in [-0.25, -0.2) is 18.4 Å². The molecule has 1 aliphatic heterocycles. The molecule has 2 atom stereocenters. The van der Waals surface area contributed by atoms with Gasteiger partial charge in [-0.2, -0.15) is 13.2 Å². The third-order valence-corrected chi connectivity index (χ3v) is 8.36. The van der Waals surface area contributed by atoms with Crippen molar-refractivity contribution in [2.75, 3.05) is 24.7 Å². The highest BCUT2D eigenvalue weighted by molar-refractivity contribution is 6.00. The molecule has 0 saturated carbocycles. The van der Waals surface area contributed by atoms with Gasteiger partial charge in [-0.15, -0.1) is 0 Å². The van der Waals surface area contributed by atoms with Gasteiger partial charge in [0.05, 0.1) is 18.8 Å². The molecule has 0 spiro atoms. The maximum absolute atomic E-state index is 15.1. The van der Waals surface area contributed by atoms with Crippen LogP contribution in [0.2, 0.25) is 0 Å². The average molecular weight is 661 g/mol. The van der Waals surface area contributed by atoms with E-state index in [9.17, 15) is 37.5 Å². The minimum Gasteiger partial charge on any atom is -0.480 e. The normalized spacial score (nSPS) is 15.9. The van der Waals surface area contributed by atoms with E-state index in [1.54, 1.807) is 43.3 Å². The van der Waals surface area contributed by atoms with Crippen molar-refractivity contribution >= 4 is 28.3 Å². The first-order valence-electron chi connectivity index (χ1n) is 14.3. The SMILES string of the molecule is Cc1c(-c2ccc(C[C@H](NC(=O)c3c(F)cc(N4CCOC[C@@H]4C(F)(F)F)cc3F)C(=O)O)c3ccccc23)c(=O)n(C)c(=O)n1C. The van der Waals surface area contributed by atoms with E-state index in [-0.39, 0.29) is 25.1 Å². The van der Waals surface area contributed by atoms with Gasteiger partial charge >= 0.3 is 17.8 Å². The van der Waals surface area contributed by atoms with Crippen molar-refractivity contribution in [2.45, 2.75) is 31.6 Å². The second kappa shape index (κ2) is 12.6. The number of nitrogens with one attached hydrogen (secondary N) is 1. The van der Waals surface area contributed by atoms with Gasteiger partial charge in [0.2, 0.25) is 0 Å². The van der Waals surface area contributed by atoms with Crippen molar-refractivity contribution in [3.8, 4) is 11.1 Å². The number of carboxylic acid groups (broad SMARTS) is 1. The van der Waals surface area contributed by atoms with Gasteiger partial charge in [-0.3, -0.25) is 14.2 Å². The van der Waals surface area contributed by atoms with Gasteiger partial charge in [0.25, 0.3) is 11.5 Å². The monoisotopic (exact) mass is 660 g/mol. The number of aromatic nitrogens is 2. The number of halogens is 5. The summed E-state index contributed by atoms with van der Waals surface area (Å²) in [6.45, 7) is 0.456. The summed E-state index contributed by atoms with van der Waals surface area (Å²) in [6, 6.07) is 7.25. The molecule has 0 unspecified atom stereocenters. The predicted octanol–water partition coefficient (Wildman–Crippen LogP) is 3.68. The molecule has 0 bridgehead atoms. The number of hydrogen-bond donors (Lipinski definition) is 2. The largest absolute Gasteiger partial charge is 0.480 e. The highest BCUT2D eigenvalue weighted by atomic mass is 19.4. The third-order valence-electron chi connectivity index (χ3n) is 8.36. The molecular weight excluding hydrogens is 631 g/mol. The molecule has 10 nitrogen and oxygen atoms in total. The first kappa shape index (κ1) is 33.3. The van der Waals surface area contributed by atoms with Crippen molar-refractivity contribution < 1.29 is 41.4 Å². The van der Waals surface area contributed by atoms with Crippen molar-refractivity contribution in [2.24, 2.45) is 14.1 Å². The Labute approximate surface area is 263 Å². The highest BCUT2D eigenvalue weighted by Gasteiger charge is 2.46. The van der Waals surface area contributed by atoms with E-state index in [1.165, 1.54) is 18.7 Å². The molecule has 1 aliphatic rings. The summed E-state index contributed by atoms with van der Waals surface area (Å²) >= 11 is 0. The molecule has 5 rings (SSSR count). The quantitative estimate of drug-likeness (QED) is 0.290. The number of fused-ring (bicyclic) bond motifs is 1. The topological polar surface area (TPSA) is 123 Å². The summed E-state index contributed by atoms with van der Waals surface area (Å²) in [7, 11) is 2.88. The van der Waals surface area contributed by atoms with E-state index in [0.717, 1.165) is 9.47 Å². The number of anilines is 1. The summed E-state index contributed by atoms with van der Waals surface area (Å²) in [5, 5.41) is 13.1. The van der Waals surface area contributed by atoms with E-state index in [4.69, 9.17) is 4.74 Å². The molecule has 15 heteroatoms. The molecule has 248 valence electrons. The van der Waals surface area contributed by atoms with Gasteiger partial charge in [-0.1, -0.05) is 36.4 Å². The van der Waals surface area contributed by atoms with Crippen LogP contribution in [0.3, 0.4) is 0 Å². The molecule has 0 aliphatic carbocycles. The van der Waals surface area contributed by atoms with Crippen molar-refractivity contribution in [3.05, 3.63) is 97.8 Å². The van der Waals surface area contributed by atoms with Crippen LogP contribution in [0.25, 0.3) is 21.9 Å². The fourth-order valence-corrected chi connectivity index (χ4v) is 5.79. The predicted molar refractivity (Wildman–Crippen MR) is 162 cm³/mol. The Balaban J connectivity index is 1.47. The van der Waals surface area contributed by atoms with E-state index >= 15 is 8.78 Å². The Morgan fingerprint density at radius 3 is 2.28 bits per heavy atom. The molecule has 2 N–H and O–H groups in total. The lowest BCUT2D eigenvalue weighted by molar-refractivity contribution is -0.167. The van der Waals surface area contributed by atoms with Gasteiger partial charge < -0.3 is 24.6 Å². The van der Waals surface area contributed by atoms with Crippen molar-refractivity contribution in [1.29, 1.82) is 0 Å². The Morgan fingerprint density at radius 2 is 1.66 bits per heavy atom. The van der Waals surface area contributed by atoms with E-state index in [2.05, 4.69) is 5.32 Å². The van der Waals surface area contributed by atoms with Crippen LogP contribution in [0, 0.1) is 18.6 Å². The molecule has 0 radical (unpaired) electrons. The molecule has 2 heterocycles. The van der Waals surface area contributed by atoms with E-state index < -0.39 is 70.9 Å². The number of carbonyl (C=O) groups excluding carboxylic acids is 1. The Morgan fingerprint density at radius 1 is 1.02 bits per heavy atom. The zero-order valence-electron chi connectivity index (χ0n) is 25.3. The Kier molecular flexibility index (Phi) is 8.95. The van der Waals surface area contributed by atoms with Gasteiger partial charge in [0, 0.05) is 38.4 Å². The standard InChI is InChI=1S/C32H29F5N4O6/c1-16-26(29(43)40(3)31(46)39(16)2)21-9-8-17(19-6-4-5-7-20(19)21)12-24(30(44)45)38-28(42)27-22(33)13-18(14-23(27)34)41-10-11-47-15-25(41)32(35,36)37/h4-9,13-14,24-25H,10-12,15H2,1-3H3,(H,38,42)(H,44,45)/t24-,25+/m0/s1. The molecule has 1 fully saturated rings. The summed E-state index contributed by atoms with van der Waals surface area (Å²) in [5.41, 5.74) is -1.09. The van der Waals surface area contributed by atoms with Gasteiger partial charge in [0.15, 0.2) is 0 Å². The molecule has 1 amide bonds. The minimum atomic E-state index is -4.76. The van der Waals surface area contributed by atoms with Crippen molar-refractivity contribution in [3.63, 3.8) is 0 Å². The van der Waals surface area contributed by atoms with Crippen LogP contribution in [-0.2, 0) is 30.0 Å². The number of rotatable bonds is 7. The lowest BCUT2D eigenvalue weighted by Gasteiger charge is -2.38. The summed E-state index contributed by atoms with van der Waals surface area (Å²) < 4.78 is 78.0. The van der Waals surface area contributed by atoms with Crippen LogP contribution < -0.4 is 21.5 Å². The van der Waals surface area contributed by atoms with Gasteiger partial charge in [-0.05, 0) is 41.0 Å². The first-order valence-corrected chi connectivity index (χ1v) is 14.3. The zero-order chi connectivity index (χ0) is 34.4. The number of carbonyl (C=O) groups is 2. The number of alkyl halides is 3. The van der Waals surface area contributed by atoms with E-state index in [1.807, 2.05) is 0 Å². The fraction of sp³-hybridized carbons (Fsp3) is 0.312. The number of hydrogen-bond acceptors (Lipinski definition) is 6. The second-order valence-corrected chi connectivity index (χ2v) is 11.2. The Hall–Kier alpha value is -5.05. The summed E-state index contributed by atoms with van der Waals surface area (Å²) in [5.74, 6) is -5.89. The van der Waals surface area contributed by atoms with Crippen LogP contribution in [0.1, 0.15) is 21.6 Å². The molecule has 1 aromatic heterocycles. The average Bonchev–Trinajstić information content (AvgIpc) is 3.02. The lowest BCUT2D eigenvalue weighted by atomic mass is 9.92. The Bertz CT molecular complexity index is 2000. The summed E-state index contributed by atoms with van der Waals surface area (Å²) in [4.78, 5) is 51.6. The maximum Gasteiger partial charge on any atom is 0.411 e. The number of aliphatic carboxylic acids is 1. The summed E-state index contributed by atoms with van der Waals surface area (Å²) in [6.07, 6.45) is -5.09. The van der Waals surface area contributed by atoms with Crippen LogP contribution in [0.5, 0.6) is 0 Å². The highest BCUT2D eigenvalue weighted by Crippen LogP contribution is 2.34. The first-order chi connectivity index (χ1) is 22.1. The molecule has 1 saturated heterocycles. The van der Waals surface area contributed by atoms with Crippen LogP contribution >= 0.6 is 0 Å². The third kappa shape index (κ3) is 6.22. The smallest absolute Gasteiger partial charge is 0.411 e.